The summed E-state index contributed by atoms with van der Waals surface area (Å²) in [6, 6.07) is 4.02. The number of nitrogens with zero attached hydrogens (tertiary/aromatic N) is 3. The van der Waals surface area contributed by atoms with Crippen LogP contribution in [0.1, 0.15) is 103 Å². The van der Waals surface area contributed by atoms with E-state index in [2.05, 4.69) is 9.97 Å². The van der Waals surface area contributed by atoms with E-state index in [1.807, 2.05) is 6.92 Å². The van der Waals surface area contributed by atoms with Gasteiger partial charge in [-0.25, -0.2) is 9.97 Å². The number of carbonyl (C=O) groups excluding carboxylic acids is 3. The molecule has 1 aromatic heterocycles. The third-order valence-corrected chi connectivity index (χ3v) is 11.4. The molecule has 6 rings (SSSR count). The van der Waals surface area contributed by atoms with Gasteiger partial charge in [-0.2, -0.15) is 8.78 Å². The van der Waals surface area contributed by atoms with Crippen LogP contribution in [0.25, 0.3) is 11.0 Å². The zero-order chi connectivity index (χ0) is 33.3. The number of aldehydes is 1. The van der Waals surface area contributed by atoms with Crippen LogP contribution < -0.4 is 9.47 Å². The van der Waals surface area contributed by atoms with Gasteiger partial charge in [0.25, 0.3) is 5.92 Å². The summed E-state index contributed by atoms with van der Waals surface area (Å²) < 4.78 is 50.0. The Hall–Kier alpha value is -3.37. The molecule has 3 heterocycles. The molecule has 0 N–H and O–H groups in total. The number of hydrogen-bond donors (Lipinski definition) is 0. The lowest BCUT2D eigenvalue weighted by Gasteiger charge is -2.35. The van der Waals surface area contributed by atoms with Gasteiger partial charge >= 0.3 is 5.97 Å². The monoisotopic (exact) mass is 655 g/mol. The van der Waals surface area contributed by atoms with Gasteiger partial charge < -0.3 is 23.9 Å². The molecule has 0 spiro atoms. The van der Waals surface area contributed by atoms with Crippen molar-refractivity contribution in [2.24, 2.45) is 23.7 Å². The standard InChI is InChI=1S/C36H47F2N3O6/c1-22-29(21-42)41-20-30(22)46-33-32(39-27-15-14-25(45-3)18-28(27)40-33)36(37,38)17-8-7-12-24-13-9-16-35(24,2)47-31(43)19-26(34(41)44)23-10-5-4-6-11-23/h14-15,18,21-24,26,29-30H,4-13,16-17,19-20H2,1-3H3/t22-,24+,26-,29+,30-,35+/m0/s1. The summed E-state index contributed by atoms with van der Waals surface area (Å²) in [5.74, 6) is -4.93. The number of carbonyl (C=O) groups is 3. The van der Waals surface area contributed by atoms with E-state index in [0.717, 1.165) is 51.2 Å². The van der Waals surface area contributed by atoms with Crippen molar-refractivity contribution in [3.8, 4) is 11.6 Å². The Morgan fingerprint density at radius 3 is 2.47 bits per heavy atom. The fraction of sp³-hybridized carbons (Fsp3) is 0.694. The molecule has 256 valence electrons. The molecule has 2 aromatic rings. The molecule has 9 nitrogen and oxygen atoms in total. The van der Waals surface area contributed by atoms with E-state index in [0.29, 0.717) is 30.5 Å². The van der Waals surface area contributed by atoms with E-state index in [4.69, 9.17) is 14.2 Å². The number of benzene rings is 1. The predicted octanol–water partition coefficient (Wildman–Crippen LogP) is 6.79. The summed E-state index contributed by atoms with van der Waals surface area (Å²) in [6.45, 7) is 3.73. The second-order valence-electron chi connectivity index (χ2n) is 14.4. The topological polar surface area (TPSA) is 108 Å². The fourth-order valence-corrected chi connectivity index (χ4v) is 8.51. The first-order valence-corrected chi connectivity index (χ1v) is 17.4. The number of ether oxygens (including phenoxy) is 3. The van der Waals surface area contributed by atoms with Crippen LogP contribution >= 0.6 is 0 Å². The highest BCUT2D eigenvalue weighted by Gasteiger charge is 2.49. The highest BCUT2D eigenvalue weighted by Crippen LogP contribution is 2.45. The van der Waals surface area contributed by atoms with Gasteiger partial charge in [0.1, 0.15) is 23.7 Å². The molecule has 4 aliphatic rings. The molecule has 47 heavy (non-hydrogen) atoms. The third kappa shape index (κ3) is 6.81. The van der Waals surface area contributed by atoms with Gasteiger partial charge in [0.05, 0.1) is 43.1 Å². The SMILES string of the molecule is COc1ccc2nc3c(nc2c1)O[C@H]1CN(C(=O)[C@H](C2CCCCC2)CC(=O)O[C@]2(C)CCC[C@H]2CCCCC3(F)F)[C@H](C=O)[C@@H]1C. The van der Waals surface area contributed by atoms with Crippen molar-refractivity contribution in [2.45, 2.75) is 121 Å². The van der Waals surface area contributed by atoms with Crippen LogP contribution in [0.2, 0.25) is 0 Å². The molecular weight excluding hydrogens is 608 g/mol. The van der Waals surface area contributed by atoms with Crippen molar-refractivity contribution in [3.05, 3.63) is 23.9 Å². The van der Waals surface area contributed by atoms with Gasteiger partial charge in [0.15, 0.2) is 5.69 Å². The van der Waals surface area contributed by atoms with Gasteiger partial charge in [0.2, 0.25) is 11.8 Å². The summed E-state index contributed by atoms with van der Waals surface area (Å²) in [7, 11) is 1.51. The largest absolute Gasteiger partial charge is 0.497 e. The van der Waals surface area contributed by atoms with Gasteiger partial charge in [-0.15, -0.1) is 0 Å². The van der Waals surface area contributed by atoms with Gasteiger partial charge in [-0.1, -0.05) is 32.6 Å². The van der Waals surface area contributed by atoms with Crippen molar-refractivity contribution in [1.29, 1.82) is 0 Å². The summed E-state index contributed by atoms with van der Waals surface area (Å²) in [5, 5.41) is 0. The highest BCUT2D eigenvalue weighted by molar-refractivity contribution is 5.87. The van der Waals surface area contributed by atoms with E-state index in [1.54, 1.807) is 25.1 Å². The molecule has 6 atom stereocenters. The lowest BCUT2D eigenvalue weighted by molar-refractivity contribution is -0.166. The molecule has 1 saturated heterocycles. The van der Waals surface area contributed by atoms with Crippen LogP contribution in [0.5, 0.6) is 11.6 Å². The number of halogens is 2. The van der Waals surface area contributed by atoms with E-state index in [-0.39, 0.29) is 48.5 Å². The first-order valence-electron chi connectivity index (χ1n) is 17.4. The van der Waals surface area contributed by atoms with Crippen molar-refractivity contribution >= 4 is 29.2 Å². The Morgan fingerprint density at radius 1 is 0.979 bits per heavy atom. The van der Waals surface area contributed by atoms with E-state index >= 15 is 8.78 Å². The van der Waals surface area contributed by atoms with Crippen molar-refractivity contribution < 1.29 is 37.4 Å². The van der Waals surface area contributed by atoms with Crippen molar-refractivity contribution in [2.75, 3.05) is 13.7 Å². The number of esters is 1. The Kier molecular flexibility index (Phi) is 9.72. The Bertz CT molecular complexity index is 1480. The molecule has 0 unspecified atom stereocenters. The van der Waals surface area contributed by atoms with E-state index in [9.17, 15) is 14.4 Å². The first-order chi connectivity index (χ1) is 22.5. The lowest BCUT2D eigenvalue weighted by Crippen LogP contribution is -2.45. The molecular formula is C36H47F2N3O6. The number of alkyl halides is 2. The van der Waals surface area contributed by atoms with Gasteiger partial charge in [0, 0.05) is 18.4 Å². The molecule has 1 aromatic carbocycles. The summed E-state index contributed by atoms with van der Waals surface area (Å²) in [6.07, 6.45) is 8.03. The number of aromatic nitrogens is 2. The Labute approximate surface area is 275 Å². The second-order valence-corrected chi connectivity index (χ2v) is 14.4. The van der Waals surface area contributed by atoms with Crippen LogP contribution in [-0.2, 0) is 25.0 Å². The zero-order valence-corrected chi connectivity index (χ0v) is 27.7. The maximum absolute atomic E-state index is 16.1. The molecule has 1 amide bonds. The summed E-state index contributed by atoms with van der Waals surface area (Å²) in [5.41, 5.74) is -0.621. The fourth-order valence-electron chi connectivity index (χ4n) is 8.51. The summed E-state index contributed by atoms with van der Waals surface area (Å²) in [4.78, 5) is 50.9. The van der Waals surface area contributed by atoms with Crippen LogP contribution in [0.3, 0.4) is 0 Å². The van der Waals surface area contributed by atoms with E-state index in [1.165, 1.54) is 12.0 Å². The average Bonchev–Trinajstić information content (AvgIpc) is 3.58. The smallest absolute Gasteiger partial charge is 0.307 e. The maximum Gasteiger partial charge on any atom is 0.307 e. The van der Waals surface area contributed by atoms with Crippen molar-refractivity contribution in [3.63, 3.8) is 0 Å². The number of rotatable bonds is 3. The van der Waals surface area contributed by atoms with Crippen LogP contribution in [0, 0.1) is 23.7 Å². The van der Waals surface area contributed by atoms with E-state index < -0.39 is 53.6 Å². The third-order valence-electron chi connectivity index (χ3n) is 11.4. The number of fused-ring (bicyclic) bond motifs is 5. The molecule has 2 saturated carbocycles. The van der Waals surface area contributed by atoms with Gasteiger partial charge in [-0.05, 0) is 75.8 Å². The van der Waals surface area contributed by atoms with Crippen molar-refractivity contribution in [1.82, 2.24) is 14.9 Å². The zero-order valence-electron chi connectivity index (χ0n) is 27.7. The normalized spacial score (nSPS) is 32.4. The Morgan fingerprint density at radius 2 is 1.72 bits per heavy atom. The Balaban J connectivity index is 1.40. The molecule has 2 aliphatic carbocycles. The van der Waals surface area contributed by atoms with Crippen LogP contribution in [0.15, 0.2) is 18.2 Å². The second kappa shape index (κ2) is 13.6. The predicted molar refractivity (Wildman–Crippen MR) is 170 cm³/mol. The summed E-state index contributed by atoms with van der Waals surface area (Å²) >= 11 is 0. The first kappa shape index (κ1) is 33.5. The van der Waals surface area contributed by atoms with Crippen LogP contribution in [0.4, 0.5) is 8.78 Å². The van der Waals surface area contributed by atoms with Gasteiger partial charge in [-0.3, -0.25) is 9.59 Å². The number of methoxy groups -OCH3 is 1. The lowest BCUT2D eigenvalue weighted by atomic mass is 9.77. The molecule has 0 radical (unpaired) electrons. The number of amides is 1. The molecule has 2 aliphatic heterocycles. The minimum atomic E-state index is -3.35. The molecule has 11 heteroatoms. The highest BCUT2D eigenvalue weighted by atomic mass is 19.3. The minimum absolute atomic E-state index is 0.00390. The maximum atomic E-state index is 16.1. The quantitative estimate of drug-likeness (QED) is 0.263. The van der Waals surface area contributed by atoms with Crippen LogP contribution in [-0.4, -0.2) is 64.4 Å². The number of hydrogen-bond acceptors (Lipinski definition) is 8. The average molecular weight is 656 g/mol. The molecule has 3 fully saturated rings. The minimum Gasteiger partial charge on any atom is -0.497 e. The molecule has 2 bridgehead atoms.